The van der Waals surface area contributed by atoms with Crippen LogP contribution in [0.4, 0.5) is 5.69 Å². The van der Waals surface area contributed by atoms with Gasteiger partial charge < -0.3 is 20.3 Å². The molecule has 3 N–H and O–H groups in total. The van der Waals surface area contributed by atoms with Gasteiger partial charge in [0.25, 0.3) is 0 Å². The summed E-state index contributed by atoms with van der Waals surface area (Å²) in [6, 6.07) is 17.0. The second-order valence-corrected chi connectivity index (χ2v) is 5.00. The van der Waals surface area contributed by atoms with Crippen LogP contribution >= 0.6 is 24.0 Å². The molecule has 7 nitrogen and oxygen atoms in total. The van der Waals surface area contributed by atoms with Gasteiger partial charge in [0.05, 0.1) is 0 Å². The molecule has 2 aromatic carbocycles. The molecule has 1 heterocycles. The number of halogens is 1. The van der Waals surface area contributed by atoms with E-state index in [1.807, 2.05) is 54.6 Å². The fraction of sp³-hybridized carbons (Fsp3) is 0.118. The SMILES string of the molecule is Cc1noc(CN=C(N)Nc2cccc(Oc3ccccc3)c2)n1.I. The van der Waals surface area contributed by atoms with Gasteiger partial charge >= 0.3 is 0 Å². The maximum atomic E-state index is 5.87. The highest BCUT2D eigenvalue weighted by molar-refractivity contribution is 14.0. The van der Waals surface area contributed by atoms with Crippen molar-refractivity contribution in [3.8, 4) is 11.5 Å². The van der Waals surface area contributed by atoms with Gasteiger partial charge in [0.2, 0.25) is 5.89 Å². The first-order valence-electron chi connectivity index (χ1n) is 7.38. The zero-order valence-corrected chi connectivity index (χ0v) is 15.9. The zero-order chi connectivity index (χ0) is 16.8. The molecule has 25 heavy (non-hydrogen) atoms. The van der Waals surface area contributed by atoms with E-state index in [-0.39, 0.29) is 36.5 Å². The first kappa shape index (κ1) is 18.7. The van der Waals surface area contributed by atoms with Crippen LogP contribution in [-0.2, 0) is 6.54 Å². The minimum Gasteiger partial charge on any atom is -0.457 e. The Bertz CT molecular complexity index is 836. The molecule has 0 saturated heterocycles. The van der Waals surface area contributed by atoms with Crippen LogP contribution in [0.25, 0.3) is 0 Å². The van der Waals surface area contributed by atoms with Crippen molar-refractivity contribution in [2.75, 3.05) is 5.32 Å². The predicted octanol–water partition coefficient (Wildman–Crippen LogP) is 3.72. The number of guanidine groups is 1. The molecular weight excluding hydrogens is 433 g/mol. The molecule has 0 radical (unpaired) electrons. The summed E-state index contributed by atoms with van der Waals surface area (Å²) < 4.78 is 10.8. The van der Waals surface area contributed by atoms with Gasteiger partial charge in [-0.15, -0.1) is 24.0 Å². The minimum absolute atomic E-state index is 0. The highest BCUT2D eigenvalue weighted by Gasteiger charge is 2.03. The van der Waals surface area contributed by atoms with Crippen LogP contribution < -0.4 is 15.8 Å². The van der Waals surface area contributed by atoms with Gasteiger partial charge in [-0.2, -0.15) is 4.98 Å². The lowest BCUT2D eigenvalue weighted by molar-refractivity contribution is 0.376. The Labute approximate surface area is 162 Å². The molecule has 0 spiro atoms. The van der Waals surface area contributed by atoms with Crippen molar-refractivity contribution in [2.45, 2.75) is 13.5 Å². The van der Waals surface area contributed by atoms with Crippen molar-refractivity contribution in [1.29, 1.82) is 0 Å². The van der Waals surface area contributed by atoms with Crippen molar-refractivity contribution in [3.63, 3.8) is 0 Å². The number of ether oxygens (including phenoxy) is 1. The summed E-state index contributed by atoms with van der Waals surface area (Å²) in [5.41, 5.74) is 6.64. The van der Waals surface area contributed by atoms with E-state index in [9.17, 15) is 0 Å². The van der Waals surface area contributed by atoms with E-state index in [1.165, 1.54) is 0 Å². The summed E-state index contributed by atoms with van der Waals surface area (Å²) in [5, 5.41) is 6.70. The molecule has 8 heteroatoms. The number of hydrogen-bond acceptors (Lipinski definition) is 5. The van der Waals surface area contributed by atoms with Crippen LogP contribution in [0.15, 0.2) is 64.1 Å². The van der Waals surface area contributed by atoms with Gasteiger partial charge in [-0.25, -0.2) is 4.99 Å². The van der Waals surface area contributed by atoms with E-state index in [4.69, 9.17) is 15.0 Å². The predicted molar refractivity (Wildman–Crippen MR) is 106 cm³/mol. The standard InChI is InChI=1S/C17H17N5O2.HI/c1-12-20-16(24-22-12)11-19-17(18)21-13-6-5-9-15(10-13)23-14-7-3-2-4-8-14;/h2-10H,11H2,1H3,(H3,18,19,21);1H. The van der Waals surface area contributed by atoms with E-state index in [0.717, 1.165) is 11.4 Å². The number of aryl methyl sites for hydroxylation is 1. The monoisotopic (exact) mass is 451 g/mol. The molecular formula is C17H18IN5O2. The second-order valence-electron chi connectivity index (χ2n) is 5.00. The van der Waals surface area contributed by atoms with Gasteiger partial charge in [0.1, 0.15) is 18.0 Å². The Morgan fingerprint density at radius 1 is 1.16 bits per heavy atom. The Kier molecular flexibility index (Phi) is 6.75. The minimum atomic E-state index is 0. The quantitative estimate of drug-likeness (QED) is 0.349. The van der Waals surface area contributed by atoms with Crippen molar-refractivity contribution >= 4 is 35.6 Å². The number of aliphatic imine (C=N–C) groups is 1. The topological polar surface area (TPSA) is 98.6 Å². The lowest BCUT2D eigenvalue weighted by Gasteiger charge is -2.09. The molecule has 3 rings (SSSR count). The van der Waals surface area contributed by atoms with Gasteiger partial charge in [0, 0.05) is 11.8 Å². The van der Waals surface area contributed by atoms with E-state index in [2.05, 4.69) is 20.4 Å². The molecule has 0 bridgehead atoms. The van der Waals surface area contributed by atoms with Crippen molar-refractivity contribution < 1.29 is 9.26 Å². The molecule has 0 aliphatic heterocycles. The fourth-order valence-corrected chi connectivity index (χ4v) is 2.01. The smallest absolute Gasteiger partial charge is 0.248 e. The van der Waals surface area contributed by atoms with Crippen LogP contribution in [0.3, 0.4) is 0 Å². The third-order valence-corrected chi connectivity index (χ3v) is 3.04. The van der Waals surface area contributed by atoms with Gasteiger partial charge in [-0.3, -0.25) is 0 Å². The van der Waals surface area contributed by atoms with E-state index in [0.29, 0.717) is 17.5 Å². The van der Waals surface area contributed by atoms with Gasteiger partial charge in [-0.05, 0) is 31.2 Å². The maximum absolute atomic E-state index is 5.87. The van der Waals surface area contributed by atoms with Crippen molar-refractivity contribution in [3.05, 3.63) is 66.3 Å². The first-order valence-corrected chi connectivity index (χ1v) is 7.38. The average Bonchev–Trinajstić information content (AvgIpc) is 3.00. The van der Waals surface area contributed by atoms with Crippen LogP contribution in [0, 0.1) is 6.92 Å². The summed E-state index contributed by atoms with van der Waals surface area (Å²) >= 11 is 0. The van der Waals surface area contributed by atoms with E-state index in [1.54, 1.807) is 6.92 Å². The number of nitrogens with two attached hydrogens (primary N) is 1. The number of anilines is 1. The molecule has 130 valence electrons. The maximum Gasteiger partial charge on any atom is 0.248 e. The summed E-state index contributed by atoms with van der Waals surface area (Å²) in [4.78, 5) is 8.23. The normalized spacial score (nSPS) is 10.8. The average molecular weight is 451 g/mol. The van der Waals surface area contributed by atoms with Gasteiger partial charge in [0.15, 0.2) is 11.8 Å². The summed E-state index contributed by atoms with van der Waals surface area (Å²) in [6.07, 6.45) is 0. The number of nitrogens with one attached hydrogen (secondary N) is 1. The second kappa shape index (κ2) is 9.02. The molecule has 1 aromatic heterocycles. The zero-order valence-electron chi connectivity index (χ0n) is 13.5. The summed E-state index contributed by atoms with van der Waals surface area (Å²) in [6.45, 7) is 1.97. The number of aromatic nitrogens is 2. The number of hydrogen-bond donors (Lipinski definition) is 2. The lowest BCUT2D eigenvalue weighted by Crippen LogP contribution is -2.22. The lowest BCUT2D eigenvalue weighted by atomic mass is 10.3. The molecule has 0 fully saturated rings. The Balaban J connectivity index is 0.00000225. The number of rotatable bonds is 5. The molecule has 0 amide bonds. The largest absolute Gasteiger partial charge is 0.457 e. The van der Waals surface area contributed by atoms with Gasteiger partial charge in [-0.1, -0.05) is 29.4 Å². The van der Waals surface area contributed by atoms with E-state index >= 15 is 0 Å². The summed E-state index contributed by atoms with van der Waals surface area (Å²) in [7, 11) is 0. The van der Waals surface area contributed by atoms with Crippen LogP contribution in [0.1, 0.15) is 11.7 Å². The van der Waals surface area contributed by atoms with Crippen LogP contribution in [0.2, 0.25) is 0 Å². The first-order chi connectivity index (χ1) is 11.7. The van der Waals surface area contributed by atoms with Crippen LogP contribution in [0.5, 0.6) is 11.5 Å². The third-order valence-electron chi connectivity index (χ3n) is 3.04. The molecule has 0 unspecified atom stereocenters. The Morgan fingerprint density at radius 2 is 1.92 bits per heavy atom. The number of para-hydroxylation sites is 1. The molecule has 0 aliphatic carbocycles. The fourth-order valence-electron chi connectivity index (χ4n) is 2.01. The Hall–Kier alpha value is -2.62. The number of nitrogens with zero attached hydrogens (tertiary/aromatic N) is 3. The Morgan fingerprint density at radius 3 is 2.64 bits per heavy atom. The molecule has 0 aliphatic rings. The third kappa shape index (κ3) is 5.75. The van der Waals surface area contributed by atoms with Crippen LogP contribution in [-0.4, -0.2) is 16.1 Å². The summed E-state index contributed by atoms with van der Waals surface area (Å²) in [5.74, 6) is 2.70. The number of benzene rings is 2. The molecule has 0 saturated carbocycles. The van der Waals surface area contributed by atoms with E-state index < -0.39 is 0 Å². The van der Waals surface area contributed by atoms with Crippen molar-refractivity contribution in [2.24, 2.45) is 10.7 Å². The highest BCUT2D eigenvalue weighted by atomic mass is 127. The molecule has 0 atom stereocenters. The van der Waals surface area contributed by atoms with Crippen molar-refractivity contribution in [1.82, 2.24) is 10.1 Å². The highest BCUT2D eigenvalue weighted by Crippen LogP contribution is 2.23. The molecule has 3 aromatic rings.